The molecule has 1 aliphatic rings. The first-order valence-electron chi connectivity index (χ1n) is 12.1. The number of allylic oxidation sites excluding steroid dienone is 12. The minimum absolute atomic E-state index is 0.0180. The zero-order valence-corrected chi connectivity index (χ0v) is 20.1. The van der Waals surface area contributed by atoms with Crippen molar-refractivity contribution < 1.29 is 14.4 Å². The zero-order chi connectivity index (χ0) is 24.0. The molecule has 0 unspecified atom stereocenters. The number of likely N-dealkylation sites (tertiary alicyclic amines) is 1. The molecule has 0 aromatic rings. The van der Waals surface area contributed by atoms with Crippen molar-refractivity contribution >= 4 is 17.7 Å². The summed E-state index contributed by atoms with van der Waals surface area (Å²) in [6.45, 7) is 2.72. The number of nitrogens with one attached hydrogen (secondary N) is 1. The number of nitrogens with zero attached hydrogens (tertiary/aromatic N) is 1. The second kappa shape index (κ2) is 19.7. The van der Waals surface area contributed by atoms with Gasteiger partial charge in [-0.1, -0.05) is 79.8 Å². The number of imide groups is 1. The molecular weight excluding hydrogens is 412 g/mol. The second-order valence-corrected chi connectivity index (χ2v) is 7.84. The minimum atomic E-state index is -0.405. The smallest absolute Gasteiger partial charge is 0.246 e. The molecule has 1 aliphatic heterocycles. The molecule has 0 aromatic heterocycles. The van der Waals surface area contributed by atoms with Crippen LogP contribution in [0.4, 0.5) is 0 Å². The van der Waals surface area contributed by atoms with Gasteiger partial charge in [-0.3, -0.25) is 19.7 Å². The maximum absolute atomic E-state index is 11.8. The molecule has 0 aliphatic carbocycles. The Morgan fingerprint density at radius 3 is 1.70 bits per heavy atom. The third-order valence-electron chi connectivity index (χ3n) is 4.92. The van der Waals surface area contributed by atoms with E-state index >= 15 is 0 Å². The molecule has 0 atom stereocenters. The Labute approximate surface area is 199 Å². The van der Waals surface area contributed by atoms with Crippen LogP contribution in [-0.2, 0) is 14.4 Å². The summed E-state index contributed by atoms with van der Waals surface area (Å²) in [5.74, 6) is -0.722. The molecule has 5 nitrogen and oxygen atoms in total. The van der Waals surface area contributed by atoms with Crippen molar-refractivity contribution in [1.29, 1.82) is 0 Å². The standard InChI is InChI=1S/C28H40N2O3/c1-2-3-4-5-6-7-8-9-10-11-12-13-14-15-16-17-18-19-20-22-26(31)29-27(32)25-30-24-21-23-28(30)33/h3-4,6-7,9-10,12-13,15-16,18-19H,2,5,8,11,14,17,20-25H2,1H3,(H,29,31,32)/b4-3-,7-6-,10-9-,13-12-,16-15-,19-18+. The van der Waals surface area contributed by atoms with E-state index in [-0.39, 0.29) is 24.8 Å². The SMILES string of the molecule is CC/C=C\C/C=C\C/C=C\C/C=C\C/C=C\C/C=C/CCC(=O)NC(=O)CN1CCCC1=O. The Kier molecular flexibility index (Phi) is 16.8. The fourth-order valence-corrected chi connectivity index (χ4v) is 3.16. The van der Waals surface area contributed by atoms with E-state index in [1.807, 2.05) is 12.2 Å². The Morgan fingerprint density at radius 2 is 1.24 bits per heavy atom. The van der Waals surface area contributed by atoms with Gasteiger partial charge in [0.1, 0.15) is 0 Å². The van der Waals surface area contributed by atoms with Crippen molar-refractivity contribution in [2.45, 2.75) is 71.1 Å². The summed E-state index contributed by atoms with van der Waals surface area (Å²) in [6, 6.07) is 0. The number of carbonyl (C=O) groups excluding carboxylic acids is 3. The first-order valence-corrected chi connectivity index (χ1v) is 12.1. The fraction of sp³-hybridized carbons (Fsp3) is 0.464. The average molecular weight is 453 g/mol. The van der Waals surface area contributed by atoms with Crippen molar-refractivity contribution in [3.63, 3.8) is 0 Å². The van der Waals surface area contributed by atoms with Gasteiger partial charge in [0.2, 0.25) is 17.7 Å². The van der Waals surface area contributed by atoms with Gasteiger partial charge < -0.3 is 4.90 Å². The van der Waals surface area contributed by atoms with E-state index in [1.54, 1.807) is 0 Å². The lowest BCUT2D eigenvalue weighted by Gasteiger charge is -2.14. The highest BCUT2D eigenvalue weighted by atomic mass is 16.2. The summed E-state index contributed by atoms with van der Waals surface area (Å²) >= 11 is 0. The predicted molar refractivity (Wildman–Crippen MR) is 136 cm³/mol. The maximum Gasteiger partial charge on any atom is 0.246 e. The minimum Gasteiger partial charge on any atom is -0.333 e. The van der Waals surface area contributed by atoms with Crippen molar-refractivity contribution in [2.24, 2.45) is 0 Å². The van der Waals surface area contributed by atoms with Crippen LogP contribution < -0.4 is 5.32 Å². The molecule has 5 heteroatoms. The van der Waals surface area contributed by atoms with Gasteiger partial charge in [-0.15, -0.1) is 0 Å². The van der Waals surface area contributed by atoms with Crippen LogP contribution in [-0.4, -0.2) is 35.7 Å². The molecule has 180 valence electrons. The van der Waals surface area contributed by atoms with Crippen molar-refractivity contribution in [3.8, 4) is 0 Å². The third kappa shape index (κ3) is 16.4. The quantitative estimate of drug-likeness (QED) is 0.304. The number of rotatable bonds is 16. The summed E-state index contributed by atoms with van der Waals surface area (Å²) in [7, 11) is 0. The van der Waals surface area contributed by atoms with E-state index < -0.39 is 5.91 Å². The van der Waals surface area contributed by atoms with Crippen LogP contribution >= 0.6 is 0 Å². The molecule has 1 saturated heterocycles. The van der Waals surface area contributed by atoms with E-state index in [9.17, 15) is 14.4 Å². The van der Waals surface area contributed by atoms with Crippen molar-refractivity contribution in [3.05, 3.63) is 72.9 Å². The summed E-state index contributed by atoms with van der Waals surface area (Å²) in [5, 5.41) is 2.35. The Bertz CT molecular complexity index is 757. The Hall–Kier alpha value is -2.95. The Balaban J connectivity index is 1.99. The molecule has 0 bridgehead atoms. The summed E-state index contributed by atoms with van der Waals surface area (Å²) in [5.41, 5.74) is 0. The number of hydrogen-bond donors (Lipinski definition) is 1. The summed E-state index contributed by atoms with van der Waals surface area (Å²) in [4.78, 5) is 36.6. The number of amides is 3. The summed E-state index contributed by atoms with van der Waals surface area (Å²) < 4.78 is 0. The molecule has 0 radical (unpaired) electrons. The van der Waals surface area contributed by atoms with Crippen LogP contribution in [0.2, 0.25) is 0 Å². The first kappa shape index (κ1) is 28.1. The van der Waals surface area contributed by atoms with E-state index in [2.05, 4.69) is 73.0 Å². The zero-order valence-electron chi connectivity index (χ0n) is 20.1. The van der Waals surface area contributed by atoms with E-state index in [0.29, 0.717) is 19.4 Å². The topological polar surface area (TPSA) is 66.5 Å². The van der Waals surface area contributed by atoms with E-state index in [0.717, 1.165) is 44.9 Å². The fourth-order valence-electron chi connectivity index (χ4n) is 3.16. The monoisotopic (exact) mass is 452 g/mol. The van der Waals surface area contributed by atoms with Crippen LogP contribution in [0.25, 0.3) is 0 Å². The van der Waals surface area contributed by atoms with Gasteiger partial charge >= 0.3 is 0 Å². The highest BCUT2D eigenvalue weighted by molar-refractivity contribution is 5.97. The highest BCUT2D eigenvalue weighted by Crippen LogP contribution is 2.08. The van der Waals surface area contributed by atoms with Gasteiger partial charge in [-0.2, -0.15) is 0 Å². The Morgan fingerprint density at radius 1 is 0.758 bits per heavy atom. The molecule has 3 amide bonds. The van der Waals surface area contributed by atoms with Gasteiger partial charge in [-0.25, -0.2) is 0 Å². The van der Waals surface area contributed by atoms with Gasteiger partial charge in [0.15, 0.2) is 0 Å². The van der Waals surface area contributed by atoms with Crippen LogP contribution in [0.3, 0.4) is 0 Å². The van der Waals surface area contributed by atoms with E-state index in [4.69, 9.17) is 0 Å². The van der Waals surface area contributed by atoms with Gasteiger partial charge in [0, 0.05) is 19.4 Å². The normalized spacial score (nSPS) is 15.1. The lowest BCUT2D eigenvalue weighted by atomic mass is 10.2. The summed E-state index contributed by atoms with van der Waals surface area (Å²) in [6.07, 6.45) is 33.6. The van der Waals surface area contributed by atoms with Crippen LogP contribution in [0.5, 0.6) is 0 Å². The van der Waals surface area contributed by atoms with Crippen molar-refractivity contribution in [1.82, 2.24) is 10.2 Å². The molecule has 1 N–H and O–H groups in total. The lowest BCUT2D eigenvalue weighted by Crippen LogP contribution is -2.40. The molecular formula is C28H40N2O3. The van der Waals surface area contributed by atoms with Crippen LogP contribution in [0, 0.1) is 0 Å². The molecule has 0 aromatic carbocycles. The molecule has 0 saturated carbocycles. The van der Waals surface area contributed by atoms with Crippen LogP contribution in [0.1, 0.15) is 71.1 Å². The van der Waals surface area contributed by atoms with Gasteiger partial charge in [-0.05, 0) is 51.4 Å². The third-order valence-corrected chi connectivity index (χ3v) is 4.92. The van der Waals surface area contributed by atoms with Crippen molar-refractivity contribution in [2.75, 3.05) is 13.1 Å². The largest absolute Gasteiger partial charge is 0.333 e. The van der Waals surface area contributed by atoms with E-state index in [1.165, 1.54) is 4.90 Å². The highest BCUT2D eigenvalue weighted by Gasteiger charge is 2.22. The molecule has 0 spiro atoms. The first-order chi connectivity index (χ1) is 16.1. The molecule has 33 heavy (non-hydrogen) atoms. The van der Waals surface area contributed by atoms with Gasteiger partial charge in [0.05, 0.1) is 6.54 Å². The molecule has 1 rings (SSSR count). The van der Waals surface area contributed by atoms with Crippen LogP contribution in [0.15, 0.2) is 72.9 Å². The second-order valence-electron chi connectivity index (χ2n) is 7.84. The number of carbonyl (C=O) groups is 3. The maximum atomic E-state index is 11.8. The van der Waals surface area contributed by atoms with Gasteiger partial charge in [0.25, 0.3) is 0 Å². The predicted octanol–water partition coefficient (Wildman–Crippen LogP) is 5.73. The lowest BCUT2D eigenvalue weighted by molar-refractivity contribution is -0.136. The molecule has 1 fully saturated rings. The average Bonchev–Trinajstić information content (AvgIpc) is 3.19. The molecule has 1 heterocycles. The number of hydrogen-bond acceptors (Lipinski definition) is 3.